The van der Waals surface area contributed by atoms with Crippen LogP contribution in [-0.4, -0.2) is 28.1 Å². The van der Waals surface area contributed by atoms with Gasteiger partial charge in [-0.05, 0) is 24.3 Å². The first-order valence-corrected chi connectivity index (χ1v) is 6.52. The average Bonchev–Trinajstić information content (AvgIpc) is 2.53. The van der Waals surface area contributed by atoms with E-state index in [0.717, 1.165) is 6.07 Å². The normalized spacial score (nSPS) is 10.1. The fourth-order valence-corrected chi connectivity index (χ4v) is 1.96. The lowest BCUT2D eigenvalue weighted by Gasteiger charge is -2.09. The van der Waals surface area contributed by atoms with Crippen LogP contribution in [0.4, 0.5) is 4.39 Å². The van der Waals surface area contributed by atoms with Crippen molar-refractivity contribution in [1.82, 2.24) is 5.32 Å². The smallest absolute Gasteiger partial charge is 0.336 e. The summed E-state index contributed by atoms with van der Waals surface area (Å²) in [5.41, 5.74) is -0.306. The second-order valence-corrected chi connectivity index (χ2v) is 4.64. The number of halogens is 1. The van der Waals surface area contributed by atoms with Crippen LogP contribution in [0.2, 0.25) is 0 Å². The Labute approximate surface area is 130 Å². The van der Waals surface area contributed by atoms with Gasteiger partial charge in [0.1, 0.15) is 5.82 Å². The summed E-state index contributed by atoms with van der Waals surface area (Å²) in [5.74, 6) is -3.93. The first kappa shape index (κ1) is 16.2. The summed E-state index contributed by atoms with van der Waals surface area (Å²) in [6, 6.07) is 8.98. The van der Waals surface area contributed by atoms with Gasteiger partial charge in [-0.2, -0.15) is 0 Å². The number of amides is 1. The largest absolute Gasteiger partial charge is 0.478 e. The minimum atomic E-state index is -1.25. The minimum absolute atomic E-state index is 0.0393. The van der Waals surface area contributed by atoms with Gasteiger partial charge >= 0.3 is 11.9 Å². The molecule has 0 fully saturated rings. The predicted octanol–water partition coefficient (Wildman–Crippen LogP) is 2.15. The molecule has 0 saturated heterocycles. The van der Waals surface area contributed by atoms with E-state index in [4.69, 9.17) is 10.2 Å². The zero-order valence-corrected chi connectivity index (χ0v) is 11.7. The second-order valence-electron chi connectivity index (χ2n) is 4.64. The number of hydrogen-bond acceptors (Lipinski definition) is 3. The molecule has 0 saturated carbocycles. The quantitative estimate of drug-likeness (QED) is 0.784. The summed E-state index contributed by atoms with van der Waals surface area (Å²) in [6.45, 7) is -0.196. The standard InChI is InChI=1S/C16H12FNO5/c17-13-7-9(15(20)21)5-6-10(13)8-18-14(19)11-3-1-2-4-12(11)16(22)23/h1-7H,8H2,(H,18,19)(H,20,21)(H,22,23). The molecule has 0 radical (unpaired) electrons. The van der Waals surface area contributed by atoms with Crippen LogP contribution in [0.3, 0.4) is 0 Å². The van der Waals surface area contributed by atoms with E-state index in [1.807, 2.05) is 0 Å². The Balaban J connectivity index is 2.14. The summed E-state index contributed by atoms with van der Waals surface area (Å²) in [6.07, 6.45) is 0. The Morgan fingerprint density at radius 3 is 2.17 bits per heavy atom. The molecule has 0 bridgehead atoms. The summed E-state index contributed by atoms with van der Waals surface area (Å²) in [5, 5.41) is 20.2. The highest BCUT2D eigenvalue weighted by atomic mass is 19.1. The molecule has 0 aliphatic rings. The first-order chi connectivity index (χ1) is 10.9. The molecule has 2 aromatic carbocycles. The molecule has 2 aromatic rings. The van der Waals surface area contributed by atoms with Gasteiger partial charge in [0, 0.05) is 12.1 Å². The third-order valence-electron chi connectivity index (χ3n) is 3.14. The molecule has 0 aliphatic heterocycles. The van der Waals surface area contributed by atoms with E-state index in [1.54, 1.807) is 0 Å². The molecule has 0 heterocycles. The molecular weight excluding hydrogens is 305 g/mol. The van der Waals surface area contributed by atoms with Crippen LogP contribution in [0, 0.1) is 5.82 Å². The van der Waals surface area contributed by atoms with E-state index in [2.05, 4.69) is 5.32 Å². The van der Waals surface area contributed by atoms with Crippen molar-refractivity contribution in [2.45, 2.75) is 6.54 Å². The maximum atomic E-state index is 13.8. The topological polar surface area (TPSA) is 104 Å². The second kappa shape index (κ2) is 6.69. The molecule has 0 unspecified atom stereocenters. The van der Waals surface area contributed by atoms with E-state index < -0.39 is 23.7 Å². The SMILES string of the molecule is O=C(O)c1ccc(CNC(=O)c2ccccc2C(=O)O)c(F)c1. The Kier molecular flexibility index (Phi) is 4.70. The van der Waals surface area contributed by atoms with Gasteiger partial charge in [-0.15, -0.1) is 0 Å². The van der Waals surface area contributed by atoms with Crippen molar-refractivity contribution in [3.63, 3.8) is 0 Å². The average molecular weight is 317 g/mol. The first-order valence-electron chi connectivity index (χ1n) is 6.52. The lowest BCUT2D eigenvalue weighted by Crippen LogP contribution is -2.25. The van der Waals surface area contributed by atoms with Crippen molar-refractivity contribution >= 4 is 17.8 Å². The zero-order valence-electron chi connectivity index (χ0n) is 11.7. The molecule has 0 aliphatic carbocycles. The van der Waals surface area contributed by atoms with Gasteiger partial charge in [0.05, 0.1) is 16.7 Å². The monoisotopic (exact) mass is 317 g/mol. The molecular formula is C16H12FNO5. The van der Waals surface area contributed by atoms with Crippen LogP contribution in [0.15, 0.2) is 42.5 Å². The lowest BCUT2D eigenvalue weighted by atomic mass is 10.1. The zero-order chi connectivity index (χ0) is 17.0. The third-order valence-corrected chi connectivity index (χ3v) is 3.14. The summed E-state index contributed by atoms with van der Waals surface area (Å²) < 4.78 is 13.8. The van der Waals surface area contributed by atoms with Gasteiger partial charge in [0.15, 0.2) is 0 Å². The van der Waals surface area contributed by atoms with Crippen LogP contribution in [0.1, 0.15) is 36.6 Å². The van der Waals surface area contributed by atoms with Crippen LogP contribution in [-0.2, 0) is 6.54 Å². The number of nitrogens with one attached hydrogen (secondary N) is 1. The molecule has 118 valence electrons. The molecule has 6 nitrogen and oxygen atoms in total. The van der Waals surface area contributed by atoms with E-state index in [1.165, 1.54) is 36.4 Å². The van der Waals surface area contributed by atoms with Gasteiger partial charge in [-0.1, -0.05) is 18.2 Å². The molecule has 0 spiro atoms. The Morgan fingerprint density at radius 1 is 0.957 bits per heavy atom. The molecule has 23 heavy (non-hydrogen) atoms. The Morgan fingerprint density at radius 2 is 1.61 bits per heavy atom. The van der Waals surface area contributed by atoms with E-state index in [9.17, 15) is 18.8 Å². The molecule has 2 rings (SSSR count). The fourth-order valence-electron chi connectivity index (χ4n) is 1.96. The third kappa shape index (κ3) is 3.70. The highest BCUT2D eigenvalue weighted by Crippen LogP contribution is 2.12. The molecule has 0 aromatic heterocycles. The molecule has 0 atom stereocenters. The number of carboxylic acids is 2. The highest BCUT2D eigenvalue weighted by molar-refractivity contribution is 6.04. The van der Waals surface area contributed by atoms with Crippen molar-refractivity contribution in [1.29, 1.82) is 0 Å². The Bertz CT molecular complexity index is 788. The number of carbonyl (C=O) groups is 3. The highest BCUT2D eigenvalue weighted by Gasteiger charge is 2.16. The van der Waals surface area contributed by atoms with E-state index in [0.29, 0.717) is 0 Å². The van der Waals surface area contributed by atoms with Crippen LogP contribution in [0.25, 0.3) is 0 Å². The summed E-state index contributed by atoms with van der Waals surface area (Å²) in [7, 11) is 0. The van der Waals surface area contributed by atoms with Crippen molar-refractivity contribution in [3.05, 3.63) is 70.5 Å². The maximum Gasteiger partial charge on any atom is 0.336 e. The molecule has 7 heteroatoms. The number of hydrogen-bond donors (Lipinski definition) is 3. The number of carbonyl (C=O) groups excluding carboxylic acids is 1. The van der Waals surface area contributed by atoms with Crippen molar-refractivity contribution in [3.8, 4) is 0 Å². The van der Waals surface area contributed by atoms with Gasteiger partial charge in [0.2, 0.25) is 0 Å². The van der Waals surface area contributed by atoms with Crippen molar-refractivity contribution in [2.24, 2.45) is 0 Å². The number of aromatic carboxylic acids is 2. The molecule has 3 N–H and O–H groups in total. The fraction of sp³-hybridized carbons (Fsp3) is 0.0625. The lowest BCUT2D eigenvalue weighted by molar-refractivity contribution is 0.0684. The van der Waals surface area contributed by atoms with Crippen LogP contribution in [0.5, 0.6) is 0 Å². The van der Waals surface area contributed by atoms with Crippen LogP contribution < -0.4 is 5.32 Å². The summed E-state index contributed by atoms with van der Waals surface area (Å²) >= 11 is 0. The van der Waals surface area contributed by atoms with Gasteiger partial charge in [0.25, 0.3) is 5.91 Å². The number of rotatable bonds is 5. The van der Waals surface area contributed by atoms with E-state index >= 15 is 0 Å². The van der Waals surface area contributed by atoms with Gasteiger partial charge < -0.3 is 15.5 Å². The van der Waals surface area contributed by atoms with Crippen molar-refractivity contribution < 1.29 is 29.0 Å². The molecule has 1 amide bonds. The van der Waals surface area contributed by atoms with Gasteiger partial charge in [-0.3, -0.25) is 4.79 Å². The van der Waals surface area contributed by atoms with Gasteiger partial charge in [-0.25, -0.2) is 14.0 Å². The Hall–Kier alpha value is -3.22. The predicted molar refractivity (Wildman–Crippen MR) is 77.9 cm³/mol. The number of carboxylic acid groups (broad SMARTS) is 2. The summed E-state index contributed by atoms with van der Waals surface area (Å²) in [4.78, 5) is 33.8. The van der Waals surface area contributed by atoms with Crippen LogP contribution >= 0.6 is 0 Å². The maximum absolute atomic E-state index is 13.8. The van der Waals surface area contributed by atoms with E-state index in [-0.39, 0.29) is 28.8 Å². The minimum Gasteiger partial charge on any atom is -0.478 e. The number of benzene rings is 2. The van der Waals surface area contributed by atoms with Crippen molar-refractivity contribution in [2.75, 3.05) is 0 Å².